The van der Waals surface area contributed by atoms with Gasteiger partial charge in [-0.05, 0) is 61.9 Å². The molecule has 0 unspecified atom stereocenters. The monoisotopic (exact) mass is 373 g/mol. The maximum atomic E-state index is 12.7. The van der Waals surface area contributed by atoms with Crippen LogP contribution >= 0.6 is 11.6 Å². The molecule has 1 N–H and O–H groups in total. The van der Waals surface area contributed by atoms with Gasteiger partial charge >= 0.3 is 0 Å². The summed E-state index contributed by atoms with van der Waals surface area (Å²) in [6.07, 6.45) is 0.287. The number of hydrogen-bond acceptors (Lipinski definition) is 2. The van der Waals surface area contributed by atoms with Gasteiger partial charge in [0.15, 0.2) is 6.10 Å². The minimum atomic E-state index is -0.589. The number of ether oxygens (including phenoxy) is 1. The molecule has 0 aliphatic rings. The fraction of sp³-hybridized carbons (Fsp3) is 0.409. The Bertz CT molecular complexity index is 720. The quantitative estimate of drug-likeness (QED) is 0.683. The highest BCUT2D eigenvalue weighted by Crippen LogP contribution is 2.27. The van der Waals surface area contributed by atoms with Gasteiger partial charge in [-0.2, -0.15) is 0 Å². The fourth-order valence-electron chi connectivity index (χ4n) is 2.96. The summed E-state index contributed by atoms with van der Waals surface area (Å²) >= 11 is 6.20. The van der Waals surface area contributed by atoms with E-state index in [0.29, 0.717) is 11.7 Å². The van der Waals surface area contributed by atoms with Crippen LogP contribution in [0, 0.1) is 19.8 Å². The van der Waals surface area contributed by atoms with Crippen molar-refractivity contribution in [2.45, 2.75) is 53.2 Å². The summed E-state index contributed by atoms with van der Waals surface area (Å²) in [7, 11) is 0. The van der Waals surface area contributed by atoms with Crippen LogP contribution in [0.1, 0.15) is 49.9 Å². The van der Waals surface area contributed by atoms with Gasteiger partial charge in [-0.15, -0.1) is 0 Å². The van der Waals surface area contributed by atoms with Crippen LogP contribution in [0.5, 0.6) is 5.75 Å². The van der Waals surface area contributed by atoms with Gasteiger partial charge in [-0.3, -0.25) is 4.79 Å². The molecule has 0 aliphatic carbocycles. The topological polar surface area (TPSA) is 38.3 Å². The van der Waals surface area contributed by atoms with E-state index in [4.69, 9.17) is 16.3 Å². The van der Waals surface area contributed by atoms with Crippen molar-refractivity contribution >= 4 is 17.5 Å². The normalized spacial score (nSPS) is 13.3. The van der Waals surface area contributed by atoms with Gasteiger partial charge in [0.1, 0.15) is 5.75 Å². The first-order valence-corrected chi connectivity index (χ1v) is 9.44. The lowest BCUT2D eigenvalue weighted by molar-refractivity contribution is -0.128. The predicted octanol–water partition coefficient (Wildman–Crippen LogP) is 5.63. The summed E-state index contributed by atoms with van der Waals surface area (Å²) in [6, 6.07) is 13.8. The number of halogens is 1. The van der Waals surface area contributed by atoms with Gasteiger partial charge in [0, 0.05) is 5.02 Å². The first kappa shape index (κ1) is 20.3. The minimum Gasteiger partial charge on any atom is -0.481 e. The predicted molar refractivity (Wildman–Crippen MR) is 108 cm³/mol. The number of amides is 1. The van der Waals surface area contributed by atoms with Crippen molar-refractivity contribution in [2.24, 2.45) is 5.92 Å². The Morgan fingerprint density at radius 2 is 1.65 bits per heavy atom. The lowest BCUT2D eigenvalue weighted by Gasteiger charge is -2.24. The molecule has 0 saturated heterocycles. The second-order valence-corrected chi connectivity index (χ2v) is 7.61. The largest absolute Gasteiger partial charge is 0.481 e. The molecule has 0 saturated carbocycles. The maximum Gasteiger partial charge on any atom is 0.261 e. The number of hydrogen-bond donors (Lipinski definition) is 1. The fourth-order valence-corrected chi connectivity index (χ4v) is 3.07. The first-order chi connectivity index (χ1) is 12.3. The Labute approximate surface area is 161 Å². The highest BCUT2D eigenvalue weighted by molar-refractivity contribution is 6.32. The van der Waals surface area contributed by atoms with Crippen molar-refractivity contribution in [3.05, 3.63) is 64.2 Å². The number of nitrogens with one attached hydrogen (secondary N) is 1. The van der Waals surface area contributed by atoms with E-state index < -0.39 is 6.10 Å². The molecular formula is C22H28ClNO2. The molecule has 0 heterocycles. The molecular weight excluding hydrogens is 346 g/mol. The minimum absolute atomic E-state index is 0.0246. The van der Waals surface area contributed by atoms with Crippen molar-refractivity contribution in [1.29, 1.82) is 0 Å². The Morgan fingerprint density at radius 3 is 2.19 bits per heavy atom. The zero-order valence-electron chi connectivity index (χ0n) is 16.2. The highest BCUT2D eigenvalue weighted by atomic mass is 35.5. The van der Waals surface area contributed by atoms with E-state index in [-0.39, 0.29) is 11.9 Å². The van der Waals surface area contributed by atoms with E-state index in [0.717, 1.165) is 28.1 Å². The molecule has 2 aromatic carbocycles. The van der Waals surface area contributed by atoms with Crippen LogP contribution in [0.2, 0.25) is 5.02 Å². The number of aryl methyl sites for hydroxylation is 2. The zero-order chi connectivity index (χ0) is 19.3. The smallest absolute Gasteiger partial charge is 0.261 e. The van der Waals surface area contributed by atoms with E-state index in [9.17, 15) is 4.79 Å². The molecule has 140 valence electrons. The SMILES string of the molecule is Cc1cc(O[C@@H](C)C(=O)N[C@@H](CC(C)C)c2ccccc2)cc(C)c1Cl. The summed E-state index contributed by atoms with van der Waals surface area (Å²) in [4.78, 5) is 12.7. The number of rotatable bonds is 7. The number of benzene rings is 2. The zero-order valence-corrected chi connectivity index (χ0v) is 16.9. The molecule has 3 nitrogen and oxygen atoms in total. The van der Waals surface area contributed by atoms with Crippen LogP contribution in [0.15, 0.2) is 42.5 Å². The van der Waals surface area contributed by atoms with Gasteiger partial charge in [0.2, 0.25) is 0 Å². The maximum absolute atomic E-state index is 12.7. The third-order valence-electron chi connectivity index (χ3n) is 4.32. The molecule has 0 aliphatic heterocycles. The number of carbonyl (C=O) groups is 1. The third kappa shape index (κ3) is 5.50. The summed E-state index contributed by atoms with van der Waals surface area (Å²) in [5, 5.41) is 3.87. The first-order valence-electron chi connectivity index (χ1n) is 9.06. The van der Waals surface area contributed by atoms with Crippen molar-refractivity contribution in [2.75, 3.05) is 0 Å². The standard InChI is InChI=1S/C22H28ClNO2/c1-14(2)11-20(18-9-7-6-8-10-18)24-22(25)17(5)26-19-12-15(3)21(23)16(4)13-19/h6-10,12-14,17,20H,11H2,1-5H3,(H,24,25)/t17-,20-/m0/s1. The van der Waals surface area contributed by atoms with E-state index in [1.54, 1.807) is 6.92 Å². The van der Waals surface area contributed by atoms with E-state index in [1.165, 1.54) is 0 Å². The summed E-state index contributed by atoms with van der Waals surface area (Å²) < 4.78 is 5.86. The highest BCUT2D eigenvalue weighted by Gasteiger charge is 2.21. The van der Waals surface area contributed by atoms with E-state index >= 15 is 0 Å². The van der Waals surface area contributed by atoms with Gasteiger partial charge in [-0.1, -0.05) is 55.8 Å². The molecule has 26 heavy (non-hydrogen) atoms. The summed E-state index contributed by atoms with van der Waals surface area (Å²) in [5.74, 6) is 1.01. The second-order valence-electron chi connectivity index (χ2n) is 7.23. The van der Waals surface area contributed by atoms with E-state index in [2.05, 4.69) is 19.2 Å². The van der Waals surface area contributed by atoms with Crippen LogP contribution in [-0.2, 0) is 4.79 Å². The molecule has 2 aromatic rings. The van der Waals surface area contributed by atoms with Crippen molar-refractivity contribution in [3.63, 3.8) is 0 Å². The molecule has 0 radical (unpaired) electrons. The average Bonchev–Trinajstić information content (AvgIpc) is 2.59. The third-order valence-corrected chi connectivity index (χ3v) is 4.91. The summed E-state index contributed by atoms with van der Waals surface area (Å²) in [6.45, 7) is 9.94. The molecule has 0 spiro atoms. The average molecular weight is 374 g/mol. The molecule has 0 fully saturated rings. The molecule has 4 heteroatoms. The Kier molecular flexibility index (Phi) is 7.10. The Hall–Kier alpha value is -2.00. The van der Waals surface area contributed by atoms with Crippen LogP contribution in [0.25, 0.3) is 0 Å². The van der Waals surface area contributed by atoms with Crippen LogP contribution in [0.4, 0.5) is 0 Å². The van der Waals surface area contributed by atoms with Crippen molar-refractivity contribution in [3.8, 4) is 5.75 Å². The Morgan fingerprint density at radius 1 is 1.08 bits per heavy atom. The van der Waals surface area contributed by atoms with Crippen LogP contribution in [-0.4, -0.2) is 12.0 Å². The van der Waals surface area contributed by atoms with E-state index in [1.807, 2.05) is 56.3 Å². The second kappa shape index (κ2) is 9.09. The summed E-state index contributed by atoms with van der Waals surface area (Å²) in [5.41, 5.74) is 2.99. The Balaban J connectivity index is 2.08. The van der Waals surface area contributed by atoms with Crippen LogP contribution in [0.3, 0.4) is 0 Å². The molecule has 2 rings (SSSR count). The van der Waals surface area contributed by atoms with Gasteiger partial charge < -0.3 is 10.1 Å². The van der Waals surface area contributed by atoms with Crippen LogP contribution < -0.4 is 10.1 Å². The molecule has 0 aromatic heterocycles. The van der Waals surface area contributed by atoms with Gasteiger partial charge in [-0.25, -0.2) is 0 Å². The molecule has 1 amide bonds. The van der Waals surface area contributed by atoms with Gasteiger partial charge in [0.05, 0.1) is 6.04 Å². The van der Waals surface area contributed by atoms with Gasteiger partial charge in [0.25, 0.3) is 5.91 Å². The number of carbonyl (C=O) groups excluding carboxylic acids is 1. The molecule has 0 bridgehead atoms. The molecule has 2 atom stereocenters. The van der Waals surface area contributed by atoms with Crippen molar-refractivity contribution < 1.29 is 9.53 Å². The lowest BCUT2D eigenvalue weighted by Crippen LogP contribution is -2.39. The lowest BCUT2D eigenvalue weighted by atomic mass is 9.97. The van der Waals surface area contributed by atoms with Crippen molar-refractivity contribution in [1.82, 2.24) is 5.32 Å².